The highest BCUT2D eigenvalue weighted by molar-refractivity contribution is 7.92. The predicted octanol–water partition coefficient (Wildman–Crippen LogP) is -0.128. The van der Waals surface area contributed by atoms with E-state index >= 15 is 0 Å². The normalized spacial score (nSPS) is 28.2. The van der Waals surface area contributed by atoms with E-state index in [9.17, 15) is 13.2 Å². The van der Waals surface area contributed by atoms with E-state index in [0.29, 0.717) is 23.7 Å². The third kappa shape index (κ3) is 2.98. The van der Waals surface area contributed by atoms with E-state index in [2.05, 4.69) is 15.0 Å². The molecule has 0 aliphatic carbocycles. The van der Waals surface area contributed by atoms with Gasteiger partial charge < -0.3 is 4.90 Å². The van der Waals surface area contributed by atoms with E-state index < -0.39 is 9.84 Å². The SMILES string of the molecule is CCc1nn2c(=O)cc(CN3C[C@H]4[C@H](N(C)C)CS(=O)(=O)[C@H]4C3)nc2s1. The van der Waals surface area contributed by atoms with E-state index in [1.165, 1.54) is 21.9 Å². The van der Waals surface area contributed by atoms with Gasteiger partial charge in [-0.3, -0.25) is 9.69 Å². The zero-order valence-corrected chi connectivity index (χ0v) is 16.8. The van der Waals surface area contributed by atoms with Crippen molar-refractivity contribution in [2.45, 2.75) is 31.2 Å². The first kappa shape index (κ1) is 18.0. The van der Waals surface area contributed by atoms with Gasteiger partial charge in [0.1, 0.15) is 5.01 Å². The van der Waals surface area contributed by atoms with Crippen molar-refractivity contribution in [1.82, 2.24) is 24.4 Å². The summed E-state index contributed by atoms with van der Waals surface area (Å²) >= 11 is 1.42. The first-order chi connectivity index (χ1) is 12.3. The van der Waals surface area contributed by atoms with Gasteiger partial charge in [0.15, 0.2) is 9.84 Å². The number of nitrogens with zero attached hydrogens (tertiary/aromatic N) is 5. The van der Waals surface area contributed by atoms with E-state index in [1.807, 2.05) is 25.9 Å². The maximum Gasteiger partial charge on any atom is 0.275 e. The first-order valence-electron chi connectivity index (χ1n) is 8.77. The highest BCUT2D eigenvalue weighted by atomic mass is 32.2. The van der Waals surface area contributed by atoms with Crippen molar-refractivity contribution in [3.8, 4) is 0 Å². The average Bonchev–Trinajstić information content (AvgIpc) is 3.22. The second-order valence-corrected chi connectivity index (χ2v) is 10.7. The van der Waals surface area contributed by atoms with Gasteiger partial charge in [-0.15, -0.1) is 0 Å². The largest absolute Gasteiger partial charge is 0.305 e. The summed E-state index contributed by atoms with van der Waals surface area (Å²) in [6.07, 6.45) is 0.766. The molecule has 0 N–H and O–H groups in total. The van der Waals surface area contributed by atoms with Gasteiger partial charge in [0, 0.05) is 37.7 Å². The molecule has 2 aromatic heterocycles. The molecule has 2 aliphatic heterocycles. The summed E-state index contributed by atoms with van der Waals surface area (Å²) in [6.45, 7) is 3.72. The molecule has 10 heteroatoms. The minimum atomic E-state index is -3.06. The van der Waals surface area contributed by atoms with Crippen LogP contribution in [0.15, 0.2) is 10.9 Å². The Morgan fingerprint density at radius 1 is 1.35 bits per heavy atom. The van der Waals surface area contributed by atoms with Crippen molar-refractivity contribution in [3.63, 3.8) is 0 Å². The van der Waals surface area contributed by atoms with Crippen molar-refractivity contribution in [1.29, 1.82) is 0 Å². The molecule has 4 heterocycles. The van der Waals surface area contributed by atoms with Crippen molar-refractivity contribution in [2.75, 3.05) is 32.9 Å². The number of sulfone groups is 1. The maximum atomic E-state index is 12.5. The number of hydrogen-bond donors (Lipinski definition) is 0. The van der Waals surface area contributed by atoms with Crippen LogP contribution in [-0.2, 0) is 22.8 Å². The molecule has 2 saturated heterocycles. The molecule has 0 unspecified atom stereocenters. The third-order valence-corrected chi connectivity index (χ3v) is 8.71. The van der Waals surface area contributed by atoms with Gasteiger partial charge in [-0.25, -0.2) is 13.4 Å². The zero-order chi connectivity index (χ0) is 18.6. The molecule has 4 rings (SSSR count). The van der Waals surface area contributed by atoms with E-state index in [0.717, 1.165) is 18.0 Å². The molecule has 2 aromatic rings. The number of likely N-dealkylation sites (tertiary alicyclic amines) is 1. The van der Waals surface area contributed by atoms with Gasteiger partial charge in [-0.1, -0.05) is 18.3 Å². The van der Waals surface area contributed by atoms with Crippen LogP contribution in [0.2, 0.25) is 0 Å². The Balaban J connectivity index is 1.57. The van der Waals surface area contributed by atoms with Crippen molar-refractivity contribution in [3.05, 3.63) is 27.1 Å². The van der Waals surface area contributed by atoms with Crippen LogP contribution in [0, 0.1) is 5.92 Å². The fourth-order valence-electron chi connectivity index (χ4n) is 4.12. The van der Waals surface area contributed by atoms with Crippen LogP contribution in [0.1, 0.15) is 17.6 Å². The molecular formula is C16H23N5O3S2. The monoisotopic (exact) mass is 397 g/mol. The second-order valence-electron chi connectivity index (χ2n) is 7.39. The highest BCUT2D eigenvalue weighted by Gasteiger charge is 2.52. The molecular weight excluding hydrogens is 374 g/mol. The van der Waals surface area contributed by atoms with Crippen LogP contribution in [0.25, 0.3) is 4.96 Å². The lowest BCUT2D eigenvalue weighted by atomic mass is 10.00. The molecule has 0 bridgehead atoms. The van der Waals surface area contributed by atoms with Crippen molar-refractivity contribution < 1.29 is 8.42 Å². The minimum Gasteiger partial charge on any atom is -0.305 e. The predicted molar refractivity (Wildman–Crippen MR) is 100 cm³/mol. The van der Waals surface area contributed by atoms with E-state index in [1.54, 1.807) is 0 Å². The first-order valence-corrected chi connectivity index (χ1v) is 11.3. The summed E-state index contributed by atoms with van der Waals surface area (Å²) in [5, 5.41) is 4.83. The molecule has 0 radical (unpaired) electrons. The molecule has 0 amide bonds. The molecule has 0 aromatic carbocycles. The van der Waals surface area contributed by atoms with Gasteiger partial charge in [-0.2, -0.15) is 9.61 Å². The van der Waals surface area contributed by atoms with Gasteiger partial charge in [0.25, 0.3) is 5.56 Å². The van der Waals surface area contributed by atoms with Crippen LogP contribution < -0.4 is 5.56 Å². The summed E-state index contributed by atoms with van der Waals surface area (Å²) in [5.74, 6) is 0.366. The van der Waals surface area contributed by atoms with Crippen molar-refractivity contribution >= 4 is 26.1 Å². The number of aryl methyl sites for hydroxylation is 1. The van der Waals surface area contributed by atoms with Gasteiger partial charge >= 0.3 is 0 Å². The highest BCUT2D eigenvalue weighted by Crippen LogP contribution is 2.36. The molecule has 8 nitrogen and oxygen atoms in total. The lowest BCUT2D eigenvalue weighted by Crippen LogP contribution is -2.37. The summed E-state index contributed by atoms with van der Waals surface area (Å²) in [6, 6.07) is 1.57. The van der Waals surface area contributed by atoms with E-state index in [4.69, 9.17) is 0 Å². The lowest BCUT2D eigenvalue weighted by Gasteiger charge is -2.24. The Morgan fingerprint density at radius 2 is 2.12 bits per heavy atom. The smallest absolute Gasteiger partial charge is 0.275 e. The topological polar surface area (TPSA) is 87.9 Å². The van der Waals surface area contributed by atoms with Crippen LogP contribution >= 0.6 is 11.3 Å². The van der Waals surface area contributed by atoms with E-state index in [-0.39, 0.29) is 28.5 Å². The molecule has 2 fully saturated rings. The Bertz CT molecular complexity index is 997. The fourth-order valence-corrected chi connectivity index (χ4v) is 7.49. The van der Waals surface area contributed by atoms with Crippen LogP contribution in [-0.4, -0.2) is 77.0 Å². The Morgan fingerprint density at radius 3 is 2.81 bits per heavy atom. The van der Waals surface area contributed by atoms with Crippen LogP contribution in [0.3, 0.4) is 0 Å². The summed E-state index contributed by atoms with van der Waals surface area (Å²) in [5.41, 5.74) is 0.499. The standard InChI is InChI=1S/C16H23N5O3S2/c1-4-14-18-21-15(22)5-10(17-16(21)25-14)6-20-7-11-12(19(2)3)9-26(23,24)13(11)8-20/h5,11-13H,4,6-9H2,1-3H3/t11-,12+,13-/m0/s1. The molecule has 3 atom stereocenters. The minimum absolute atomic E-state index is 0.0599. The lowest BCUT2D eigenvalue weighted by molar-refractivity contribution is 0.229. The summed E-state index contributed by atoms with van der Waals surface area (Å²) in [4.78, 5) is 21.6. The molecule has 2 aliphatic rings. The number of fused-ring (bicyclic) bond motifs is 2. The molecule has 26 heavy (non-hydrogen) atoms. The number of hydrogen-bond acceptors (Lipinski definition) is 8. The van der Waals surface area contributed by atoms with Gasteiger partial charge in [0.05, 0.1) is 16.7 Å². The van der Waals surface area contributed by atoms with Crippen molar-refractivity contribution in [2.24, 2.45) is 5.92 Å². The van der Waals surface area contributed by atoms with Gasteiger partial charge in [-0.05, 0) is 20.5 Å². The molecule has 0 spiro atoms. The van der Waals surface area contributed by atoms with Gasteiger partial charge in [0.2, 0.25) is 4.96 Å². The Kier molecular flexibility index (Phi) is 4.41. The Hall–Kier alpha value is -1.36. The maximum absolute atomic E-state index is 12.5. The zero-order valence-electron chi connectivity index (χ0n) is 15.1. The van der Waals surface area contributed by atoms with Crippen LogP contribution in [0.4, 0.5) is 0 Å². The fraction of sp³-hybridized carbons (Fsp3) is 0.688. The summed E-state index contributed by atoms with van der Waals surface area (Å²) in [7, 11) is 0.819. The molecule has 142 valence electrons. The molecule has 0 saturated carbocycles. The average molecular weight is 398 g/mol. The Labute approximate surface area is 156 Å². The summed E-state index contributed by atoms with van der Waals surface area (Å²) < 4.78 is 26.3. The quantitative estimate of drug-likeness (QED) is 0.710. The van der Waals surface area contributed by atoms with Crippen LogP contribution in [0.5, 0.6) is 0 Å². The number of aromatic nitrogens is 3. The number of rotatable bonds is 4. The second kappa shape index (κ2) is 6.36. The third-order valence-electron chi connectivity index (χ3n) is 5.43.